The Balaban J connectivity index is 1.86. The van der Waals surface area contributed by atoms with Crippen LogP contribution in [-0.4, -0.2) is 30.2 Å². The second-order valence-electron chi connectivity index (χ2n) is 4.19. The Bertz CT molecular complexity index is 312. The number of piperidine rings is 1. The number of fused-ring (bicyclic) bond motifs is 2. The maximum absolute atomic E-state index is 4.18. The summed E-state index contributed by atoms with van der Waals surface area (Å²) in [6.07, 6.45) is 6.38. The molecule has 1 aromatic heterocycles. The molecule has 3 nitrogen and oxygen atoms in total. The molecule has 1 N–H and O–H groups in total. The number of nitrogens with one attached hydrogen (secondary N) is 1. The van der Waals surface area contributed by atoms with Crippen LogP contribution >= 0.6 is 0 Å². The largest absolute Gasteiger partial charge is 0.366 e. The molecule has 0 unspecified atom stereocenters. The predicted molar refractivity (Wildman–Crippen MR) is 56.4 cm³/mol. The van der Waals surface area contributed by atoms with E-state index in [1.54, 1.807) is 0 Å². The summed E-state index contributed by atoms with van der Waals surface area (Å²) in [6, 6.07) is 5.62. The van der Waals surface area contributed by atoms with E-state index in [0.717, 1.165) is 12.6 Å². The Hall–Kier alpha value is -1.09. The molecule has 0 saturated carbocycles. The Labute approximate surface area is 84.1 Å². The summed E-state index contributed by atoms with van der Waals surface area (Å²) in [6.45, 7) is 2.32. The third-order valence-corrected chi connectivity index (χ3v) is 3.30. The van der Waals surface area contributed by atoms with E-state index in [-0.39, 0.29) is 0 Å². The maximum Gasteiger partial charge on any atom is 0.0555 e. The summed E-state index contributed by atoms with van der Waals surface area (Å²) >= 11 is 0. The van der Waals surface area contributed by atoms with E-state index in [0.29, 0.717) is 6.04 Å². The van der Waals surface area contributed by atoms with Crippen LogP contribution in [0.1, 0.15) is 12.8 Å². The molecule has 3 heterocycles. The molecule has 0 aromatic carbocycles. The van der Waals surface area contributed by atoms with E-state index in [4.69, 9.17) is 0 Å². The topological polar surface area (TPSA) is 28.2 Å². The first-order valence-electron chi connectivity index (χ1n) is 5.33. The first-order chi connectivity index (χ1) is 6.93. The van der Waals surface area contributed by atoms with Gasteiger partial charge in [-0.25, -0.2) is 0 Å². The van der Waals surface area contributed by atoms with Gasteiger partial charge in [-0.05, 0) is 31.5 Å². The Morgan fingerprint density at radius 3 is 3.29 bits per heavy atom. The van der Waals surface area contributed by atoms with Gasteiger partial charge in [0.05, 0.1) is 11.9 Å². The molecule has 2 bridgehead atoms. The highest BCUT2D eigenvalue weighted by Crippen LogP contribution is 2.28. The van der Waals surface area contributed by atoms with Gasteiger partial charge in [-0.2, -0.15) is 0 Å². The van der Waals surface area contributed by atoms with Gasteiger partial charge >= 0.3 is 0 Å². The molecule has 2 saturated heterocycles. The lowest BCUT2D eigenvalue weighted by molar-refractivity contribution is 0.449. The van der Waals surface area contributed by atoms with Gasteiger partial charge in [0, 0.05) is 24.8 Å². The van der Waals surface area contributed by atoms with Gasteiger partial charge in [0.15, 0.2) is 0 Å². The zero-order valence-electron chi connectivity index (χ0n) is 8.19. The molecule has 1 aromatic rings. The van der Waals surface area contributed by atoms with Crippen LogP contribution in [0.15, 0.2) is 24.5 Å². The minimum Gasteiger partial charge on any atom is -0.366 e. The second-order valence-corrected chi connectivity index (χ2v) is 4.19. The van der Waals surface area contributed by atoms with Crippen molar-refractivity contribution in [2.24, 2.45) is 0 Å². The minimum atomic E-state index is 0.703. The van der Waals surface area contributed by atoms with Crippen molar-refractivity contribution >= 4 is 5.69 Å². The molecule has 3 rings (SSSR count). The van der Waals surface area contributed by atoms with Crippen molar-refractivity contribution in [2.75, 3.05) is 18.0 Å². The summed E-state index contributed by atoms with van der Waals surface area (Å²) in [5, 5.41) is 3.55. The third-order valence-electron chi connectivity index (χ3n) is 3.30. The quantitative estimate of drug-likeness (QED) is 0.715. The third kappa shape index (κ3) is 1.28. The van der Waals surface area contributed by atoms with Crippen LogP contribution in [0.4, 0.5) is 5.69 Å². The Morgan fingerprint density at radius 1 is 1.50 bits per heavy atom. The van der Waals surface area contributed by atoms with Crippen molar-refractivity contribution in [3.05, 3.63) is 24.5 Å². The molecule has 14 heavy (non-hydrogen) atoms. The first kappa shape index (κ1) is 8.24. The fourth-order valence-corrected chi connectivity index (χ4v) is 2.63. The summed E-state index contributed by atoms with van der Waals surface area (Å²) in [5.41, 5.74) is 1.28. The van der Waals surface area contributed by atoms with Crippen LogP contribution in [0, 0.1) is 0 Å². The number of aromatic nitrogens is 1. The van der Waals surface area contributed by atoms with Crippen molar-refractivity contribution < 1.29 is 0 Å². The van der Waals surface area contributed by atoms with Crippen LogP contribution in [-0.2, 0) is 0 Å². The smallest absolute Gasteiger partial charge is 0.0555 e. The number of anilines is 1. The highest BCUT2D eigenvalue weighted by molar-refractivity contribution is 5.47. The molecular weight excluding hydrogens is 174 g/mol. The summed E-state index contributed by atoms with van der Waals surface area (Å²) in [5.74, 6) is 0. The molecule has 3 heteroatoms. The normalized spacial score (nSPS) is 30.7. The molecule has 74 valence electrons. The first-order valence-corrected chi connectivity index (χ1v) is 5.33. The van der Waals surface area contributed by atoms with Gasteiger partial charge < -0.3 is 10.2 Å². The molecule has 2 atom stereocenters. The highest BCUT2D eigenvalue weighted by atomic mass is 15.2. The minimum absolute atomic E-state index is 0.703. The van der Waals surface area contributed by atoms with Crippen LogP contribution < -0.4 is 10.2 Å². The van der Waals surface area contributed by atoms with Crippen molar-refractivity contribution in [3.63, 3.8) is 0 Å². The van der Waals surface area contributed by atoms with E-state index in [9.17, 15) is 0 Å². The molecular formula is C11H15N3. The van der Waals surface area contributed by atoms with E-state index in [1.165, 1.54) is 25.1 Å². The Kier molecular flexibility index (Phi) is 1.91. The van der Waals surface area contributed by atoms with Gasteiger partial charge in [0.25, 0.3) is 0 Å². The zero-order valence-corrected chi connectivity index (χ0v) is 8.19. The molecule has 0 radical (unpaired) electrons. The predicted octanol–water partition coefficient (Wildman–Crippen LogP) is 1.02. The second kappa shape index (κ2) is 3.24. The van der Waals surface area contributed by atoms with Crippen LogP contribution in [0.25, 0.3) is 0 Å². The number of pyridine rings is 1. The lowest BCUT2D eigenvalue weighted by Crippen LogP contribution is -2.35. The summed E-state index contributed by atoms with van der Waals surface area (Å²) in [4.78, 5) is 6.68. The molecule has 2 fully saturated rings. The number of hydrogen-bond acceptors (Lipinski definition) is 3. The summed E-state index contributed by atoms with van der Waals surface area (Å²) in [7, 11) is 0. The van der Waals surface area contributed by atoms with Crippen LogP contribution in [0.5, 0.6) is 0 Å². The Morgan fingerprint density at radius 2 is 2.50 bits per heavy atom. The monoisotopic (exact) mass is 189 g/mol. The molecule has 2 aliphatic rings. The van der Waals surface area contributed by atoms with E-state index in [2.05, 4.69) is 21.3 Å². The van der Waals surface area contributed by atoms with E-state index in [1.807, 2.05) is 18.5 Å². The van der Waals surface area contributed by atoms with Crippen molar-refractivity contribution in [2.45, 2.75) is 24.9 Å². The molecule has 0 aliphatic carbocycles. The van der Waals surface area contributed by atoms with Crippen LogP contribution in [0.3, 0.4) is 0 Å². The standard InChI is InChI=1S/C11H15N3/c1-2-11(7-12-4-1)14-8-9-6-10(14)3-5-13-9/h1-2,4,7,9-10,13H,3,5-6,8H2/t9-,10+/m0/s1. The van der Waals surface area contributed by atoms with Crippen molar-refractivity contribution in [1.82, 2.24) is 10.3 Å². The van der Waals surface area contributed by atoms with Gasteiger partial charge in [0.2, 0.25) is 0 Å². The lowest BCUT2D eigenvalue weighted by Gasteiger charge is -2.25. The van der Waals surface area contributed by atoms with Gasteiger partial charge in [-0.3, -0.25) is 4.98 Å². The lowest BCUT2D eigenvalue weighted by atomic mass is 10.1. The zero-order chi connectivity index (χ0) is 9.38. The van der Waals surface area contributed by atoms with Gasteiger partial charge in [-0.15, -0.1) is 0 Å². The molecule has 0 spiro atoms. The number of hydrogen-bond donors (Lipinski definition) is 1. The maximum atomic E-state index is 4.18. The SMILES string of the molecule is c1cncc(N2C[C@@H]3C[C@H]2CCN3)c1. The molecule has 2 aliphatic heterocycles. The molecule has 0 amide bonds. The van der Waals surface area contributed by atoms with Crippen LogP contribution in [0.2, 0.25) is 0 Å². The van der Waals surface area contributed by atoms with Crippen molar-refractivity contribution in [3.8, 4) is 0 Å². The average molecular weight is 189 g/mol. The number of nitrogens with zero attached hydrogens (tertiary/aromatic N) is 2. The summed E-state index contributed by atoms with van der Waals surface area (Å²) < 4.78 is 0. The van der Waals surface area contributed by atoms with Gasteiger partial charge in [-0.1, -0.05) is 0 Å². The van der Waals surface area contributed by atoms with Crippen molar-refractivity contribution in [1.29, 1.82) is 0 Å². The average Bonchev–Trinajstić information content (AvgIpc) is 2.55. The fraction of sp³-hybridized carbons (Fsp3) is 0.545. The van der Waals surface area contributed by atoms with E-state index >= 15 is 0 Å². The number of rotatable bonds is 1. The fourth-order valence-electron chi connectivity index (χ4n) is 2.63. The van der Waals surface area contributed by atoms with E-state index < -0.39 is 0 Å². The van der Waals surface area contributed by atoms with Gasteiger partial charge in [0.1, 0.15) is 0 Å². The highest BCUT2D eigenvalue weighted by Gasteiger charge is 2.34.